The fraction of sp³-hybridized carbons (Fsp3) is 0.308. The van der Waals surface area contributed by atoms with Crippen LogP contribution in [0.5, 0.6) is 0 Å². The van der Waals surface area contributed by atoms with Crippen molar-refractivity contribution in [3.63, 3.8) is 0 Å². The molecule has 1 aromatic heterocycles. The van der Waals surface area contributed by atoms with Gasteiger partial charge in [-0.3, -0.25) is 0 Å². The number of oxazole rings is 1. The van der Waals surface area contributed by atoms with E-state index in [9.17, 15) is 8.78 Å². The monoisotopic (exact) mass is 268 g/mol. The van der Waals surface area contributed by atoms with Crippen molar-refractivity contribution in [3.05, 3.63) is 41.8 Å². The van der Waals surface area contributed by atoms with Crippen molar-refractivity contribution in [2.45, 2.75) is 6.54 Å². The Morgan fingerprint density at radius 3 is 3.00 bits per heavy atom. The molecule has 19 heavy (non-hydrogen) atoms. The summed E-state index contributed by atoms with van der Waals surface area (Å²) in [6, 6.07) is 3.88. The van der Waals surface area contributed by atoms with Crippen molar-refractivity contribution >= 4 is 0 Å². The van der Waals surface area contributed by atoms with Crippen LogP contribution < -0.4 is 5.32 Å². The predicted octanol–water partition coefficient (Wildman–Crippen LogP) is 2.36. The predicted molar refractivity (Wildman–Crippen MR) is 65.4 cm³/mol. The summed E-state index contributed by atoms with van der Waals surface area (Å²) in [7, 11) is 1.61. The lowest BCUT2D eigenvalue weighted by Crippen LogP contribution is -2.18. The van der Waals surface area contributed by atoms with Crippen molar-refractivity contribution in [1.29, 1.82) is 0 Å². The highest BCUT2D eigenvalue weighted by atomic mass is 19.2. The lowest BCUT2D eigenvalue weighted by atomic mass is 10.2. The van der Waals surface area contributed by atoms with E-state index in [1.807, 2.05) is 0 Å². The topological polar surface area (TPSA) is 47.3 Å². The first-order chi connectivity index (χ1) is 9.22. The van der Waals surface area contributed by atoms with Crippen LogP contribution in [0.25, 0.3) is 11.5 Å². The van der Waals surface area contributed by atoms with Crippen molar-refractivity contribution in [1.82, 2.24) is 10.3 Å². The molecular weight excluding hydrogens is 254 g/mol. The van der Waals surface area contributed by atoms with E-state index in [1.54, 1.807) is 7.11 Å². The van der Waals surface area contributed by atoms with E-state index in [-0.39, 0.29) is 11.5 Å². The molecule has 1 N–H and O–H groups in total. The number of hydrogen-bond donors (Lipinski definition) is 1. The number of methoxy groups -OCH3 is 1. The van der Waals surface area contributed by atoms with Crippen LogP contribution in [-0.4, -0.2) is 25.2 Å². The van der Waals surface area contributed by atoms with E-state index in [2.05, 4.69) is 10.3 Å². The molecule has 0 unspecified atom stereocenters. The number of nitrogens with one attached hydrogen (secondary N) is 1. The lowest BCUT2D eigenvalue weighted by Gasteiger charge is -2.00. The van der Waals surface area contributed by atoms with Gasteiger partial charge in [-0.25, -0.2) is 13.8 Å². The first kappa shape index (κ1) is 13.6. The number of aromatic nitrogens is 1. The molecule has 6 heteroatoms. The first-order valence-electron chi connectivity index (χ1n) is 5.81. The molecule has 0 bridgehead atoms. The zero-order chi connectivity index (χ0) is 13.7. The molecule has 102 valence electrons. The Morgan fingerprint density at radius 1 is 1.37 bits per heavy atom. The summed E-state index contributed by atoms with van der Waals surface area (Å²) in [5, 5.41) is 3.08. The molecule has 0 spiro atoms. The van der Waals surface area contributed by atoms with Crippen LogP contribution >= 0.6 is 0 Å². The molecular formula is C13H14F2N2O2. The summed E-state index contributed by atoms with van der Waals surface area (Å²) in [6.07, 6.45) is 1.42. The number of nitrogens with zero attached hydrogens (tertiary/aromatic N) is 1. The maximum atomic E-state index is 13.5. The summed E-state index contributed by atoms with van der Waals surface area (Å²) in [6.45, 7) is 1.74. The number of hydrogen-bond acceptors (Lipinski definition) is 4. The minimum absolute atomic E-state index is 0.0168. The summed E-state index contributed by atoms with van der Waals surface area (Å²) < 4.78 is 36.7. The summed E-state index contributed by atoms with van der Waals surface area (Å²) >= 11 is 0. The van der Waals surface area contributed by atoms with Crippen LogP contribution in [0.4, 0.5) is 8.78 Å². The van der Waals surface area contributed by atoms with Gasteiger partial charge in [0.25, 0.3) is 0 Å². The van der Waals surface area contributed by atoms with Gasteiger partial charge in [-0.15, -0.1) is 0 Å². The van der Waals surface area contributed by atoms with Crippen LogP contribution in [0.1, 0.15) is 5.69 Å². The number of halogens is 2. The van der Waals surface area contributed by atoms with Gasteiger partial charge >= 0.3 is 0 Å². The molecule has 1 heterocycles. The van der Waals surface area contributed by atoms with E-state index in [0.717, 1.165) is 6.07 Å². The van der Waals surface area contributed by atoms with Gasteiger partial charge in [-0.05, 0) is 12.1 Å². The van der Waals surface area contributed by atoms with Crippen LogP contribution in [0.15, 0.2) is 28.9 Å². The molecule has 0 amide bonds. The van der Waals surface area contributed by atoms with Crippen molar-refractivity contribution in [2.24, 2.45) is 0 Å². The molecule has 0 saturated heterocycles. The van der Waals surface area contributed by atoms with Crippen LogP contribution in [-0.2, 0) is 11.3 Å². The van der Waals surface area contributed by atoms with E-state index < -0.39 is 11.6 Å². The van der Waals surface area contributed by atoms with E-state index in [1.165, 1.54) is 18.4 Å². The summed E-state index contributed by atoms with van der Waals surface area (Å²) in [5.74, 6) is -1.81. The summed E-state index contributed by atoms with van der Waals surface area (Å²) in [4.78, 5) is 4.10. The van der Waals surface area contributed by atoms with Gasteiger partial charge in [0.05, 0.1) is 17.9 Å². The maximum Gasteiger partial charge on any atom is 0.229 e. The van der Waals surface area contributed by atoms with Gasteiger partial charge in [0.1, 0.15) is 6.26 Å². The van der Waals surface area contributed by atoms with Gasteiger partial charge in [0.15, 0.2) is 11.6 Å². The highest BCUT2D eigenvalue weighted by Gasteiger charge is 2.14. The second kappa shape index (κ2) is 6.40. The molecule has 0 aliphatic rings. The molecule has 4 nitrogen and oxygen atoms in total. The van der Waals surface area contributed by atoms with E-state index in [4.69, 9.17) is 9.15 Å². The smallest absolute Gasteiger partial charge is 0.229 e. The molecule has 0 fully saturated rings. The molecule has 0 saturated carbocycles. The number of rotatable bonds is 6. The fourth-order valence-corrected chi connectivity index (χ4v) is 1.57. The zero-order valence-corrected chi connectivity index (χ0v) is 10.5. The third-order valence-electron chi connectivity index (χ3n) is 2.52. The highest BCUT2D eigenvalue weighted by Crippen LogP contribution is 2.23. The Hall–Kier alpha value is -1.79. The molecule has 0 atom stereocenters. The molecule has 0 aliphatic heterocycles. The van der Waals surface area contributed by atoms with Gasteiger partial charge in [0, 0.05) is 20.2 Å². The van der Waals surface area contributed by atoms with Gasteiger partial charge < -0.3 is 14.5 Å². The highest BCUT2D eigenvalue weighted by molar-refractivity contribution is 5.54. The van der Waals surface area contributed by atoms with Crippen molar-refractivity contribution < 1.29 is 17.9 Å². The summed E-state index contributed by atoms with van der Waals surface area (Å²) in [5.41, 5.74) is 0.637. The Labute approximate surface area is 109 Å². The molecule has 1 aromatic carbocycles. The minimum Gasteiger partial charge on any atom is -0.444 e. The molecule has 2 rings (SSSR count). The normalized spacial score (nSPS) is 10.9. The lowest BCUT2D eigenvalue weighted by molar-refractivity contribution is 0.199. The quantitative estimate of drug-likeness (QED) is 0.817. The first-order valence-corrected chi connectivity index (χ1v) is 5.81. The Balaban J connectivity index is 2.06. The van der Waals surface area contributed by atoms with E-state index >= 15 is 0 Å². The largest absolute Gasteiger partial charge is 0.444 e. The SMILES string of the molecule is COCCNCc1coc(-c2cccc(F)c2F)n1. The van der Waals surface area contributed by atoms with Crippen molar-refractivity contribution in [3.8, 4) is 11.5 Å². The Bertz CT molecular complexity index is 543. The maximum absolute atomic E-state index is 13.5. The van der Waals surface area contributed by atoms with Gasteiger partial charge in [0.2, 0.25) is 5.89 Å². The minimum atomic E-state index is -0.955. The third-order valence-corrected chi connectivity index (χ3v) is 2.52. The van der Waals surface area contributed by atoms with Crippen LogP contribution in [0, 0.1) is 11.6 Å². The number of ether oxygens (including phenoxy) is 1. The Kier molecular flexibility index (Phi) is 4.59. The van der Waals surface area contributed by atoms with Gasteiger partial charge in [-0.2, -0.15) is 0 Å². The van der Waals surface area contributed by atoms with Crippen LogP contribution in [0.3, 0.4) is 0 Å². The third kappa shape index (κ3) is 3.36. The van der Waals surface area contributed by atoms with Gasteiger partial charge in [-0.1, -0.05) is 6.07 Å². The molecule has 0 aliphatic carbocycles. The second-order valence-corrected chi connectivity index (χ2v) is 3.91. The van der Waals surface area contributed by atoms with E-state index in [0.29, 0.717) is 25.4 Å². The van der Waals surface area contributed by atoms with Crippen LogP contribution in [0.2, 0.25) is 0 Å². The Morgan fingerprint density at radius 2 is 2.21 bits per heavy atom. The average Bonchev–Trinajstić information content (AvgIpc) is 2.87. The fourth-order valence-electron chi connectivity index (χ4n) is 1.57. The molecule has 0 radical (unpaired) electrons. The average molecular weight is 268 g/mol. The molecule has 2 aromatic rings. The second-order valence-electron chi connectivity index (χ2n) is 3.91. The number of benzene rings is 1. The zero-order valence-electron chi connectivity index (χ0n) is 10.5. The van der Waals surface area contributed by atoms with Crippen molar-refractivity contribution in [2.75, 3.05) is 20.3 Å². The standard InChI is InChI=1S/C13H14F2N2O2/c1-18-6-5-16-7-9-8-19-13(17-9)10-3-2-4-11(14)12(10)15/h2-4,8,16H,5-7H2,1H3.